The fraction of sp³-hybridized carbons (Fsp3) is 0.643. The van der Waals surface area contributed by atoms with Crippen LogP contribution in [0.15, 0.2) is 6.07 Å². The number of nitrogens with one attached hydrogen (secondary N) is 1. The van der Waals surface area contributed by atoms with Crippen molar-refractivity contribution < 1.29 is 4.79 Å². The SMILES string of the molecule is Cc1cc(N[C@H]2CC(=O)N(C(C)(C)C)C2)nc(C)n1. The van der Waals surface area contributed by atoms with Gasteiger partial charge in [0.15, 0.2) is 0 Å². The lowest BCUT2D eigenvalue weighted by Gasteiger charge is -2.32. The van der Waals surface area contributed by atoms with E-state index in [0.29, 0.717) is 6.42 Å². The Morgan fingerprint density at radius 3 is 2.53 bits per heavy atom. The molecule has 0 aromatic carbocycles. The Labute approximate surface area is 114 Å². The second kappa shape index (κ2) is 4.79. The molecule has 0 spiro atoms. The molecule has 0 aliphatic carbocycles. The van der Waals surface area contributed by atoms with E-state index in [1.165, 1.54) is 0 Å². The molecule has 2 rings (SSSR count). The van der Waals surface area contributed by atoms with Crippen LogP contribution < -0.4 is 5.32 Å². The van der Waals surface area contributed by atoms with E-state index in [4.69, 9.17) is 0 Å². The number of hydrogen-bond acceptors (Lipinski definition) is 4. The minimum atomic E-state index is -0.120. The highest BCUT2D eigenvalue weighted by Crippen LogP contribution is 2.23. The maximum Gasteiger partial charge on any atom is 0.225 e. The molecule has 1 aromatic heterocycles. The molecule has 1 amide bonds. The molecule has 2 heterocycles. The summed E-state index contributed by atoms with van der Waals surface area (Å²) < 4.78 is 0. The molecule has 0 radical (unpaired) electrons. The van der Waals surface area contributed by atoms with Crippen molar-refractivity contribution in [2.45, 2.75) is 52.6 Å². The molecule has 1 aliphatic heterocycles. The third kappa shape index (κ3) is 3.22. The van der Waals surface area contributed by atoms with E-state index in [-0.39, 0.29) is 17.5 Å². The highest BCUT2D eigenvalue weighted by molar-refractivity contribution is 5.80. The van der Waals surface area contributed by atoms with Crippen molar-refractivity contribution >= 4 is 11.7 Å². The number of carbonyl (C=O) groups excluding carboxylic acids is 1. The molecule has 1 fully saturated rings. The zero-order valence-electron chi connectivity index (χ0n) is 12.3. The number of rotatable bonds is 2. The predicted molar refractivity (Wildman–Crippen MR) is 75.0 cm³/mol. The van der Waals surface area contributed by atoms with Crippen molar-refractivity contribution in [3.63, 3.8) is 0 Å². The number of anilines is 1. The number of amides is 1. The first kappa shape index (κ1) is 13.8. The van der Waals surface area contributed by atoms with Gasteiger partial charge in [-0.25, -0.2) is 9.97 Å². The average Bonchev–Trinajstić information content (AvgIpc) is 2.57. The summed E-state index contributed by atoms with van der Waals surface area (Å²) in [4.78, 5) is 22.5. The Morgan fingerprint density at radius 1 is 1.32 bits per heavy atom. The van der Waals surface area contributed by atoms with Crippen molar-refractivity contribution in [1.82, 2.24) is 14.9 Å². The fourth-order valence-electron chi connectivity index (χ4n) is 2.45. The predicted octanol–water partition coefficient (Wildman–Crippen LogP) is 1.90. The molecule has 104 valence electrons. The van der Waals surface area contributed by atoms with Gasteiger partial charge in [-0.15, -0.1) is 0 Å². The highest BCUT2D eigenvalue weighted by Gasteiger charge is 2.36. The van der Waals surface area contributed by atoms with Crippen LogP contribution >= 0.6 is 0 Å². The number of aryl methyl sites for hydroxylation is 2. The molecule has 0 bridgehead atoms. The zero-order chi connectivity index (χ0) is 14.2. The summed E-state index contributed by atoms with van der Waals surface area (Å²) in [5, 5.41) is 3.34. The molecule has 5 nitrogen and oxygen atoms in total. The van der Waals surface area contributed by atoms with Crippen molar-refractivity contribution in [2.24, 2.45) is 0 Å². The summed E-state index contributed by atoms with van der Waals surface area (Å²) >= 11 is 0. The van der Waals surface area contributed by atoms with Crippen LogP contribution in [0.2, 0.25) is 0 Å². The molecular formula is C14H22N4O. The molecule has 1 atom stereocenters. The van der Waals surface area contributed by atoms with E-state index in [1.54, 1.807) is 0 Å². The third-order valence-corrected chi connectivity index (χ3v) is 3.25. The quantitative estimate of drug-likeness (QED) is 0.884. The zero-order valence-corrected chi connectivity index (χ0v) is 12.3. The Bertz CT molecular complexity index is 472. The Balaban J connectivity index is 2.07. The van der Waals surface area contributed by atoms with E-state index < -0.39 is 0 Å². The topological polar surface area (TPSA) is 58.1 Å². The normalized spacial score (nSPS) is 19.9. The lowest BCUT2D eigenvalue weighted by Crippen LogP contribution is -2.43. The van der Waals surface area contributed by atoms with Crippen molar-refractivity contribution in [3.05, 3.63) is 17.6 Å². The smallest absolute Gasteiger partial charge is 0.225 e. The van der Waals surface area contributed by atoms with Gasteiger partial charge in [0.25, 0.3) is 0 Å². The van der Waals surface area contributed by atoms with Crippen LogP contribution in [-0.2, 0) is 4.79 Å². The van der Waals surface area contributed by atoms with Crippen LogP contribution in [-0.4, -0.2) is 38.9 Å². The molecule has 5 heteroatoms. The van der Waals surface area contributed by atoms with Crippen LogP contribution in [0.1, 0.15) is 38.7 Å². The fourth-order valence-corrected chi connectivity index (χ4v) is 2.45. The molecule has 1 saturated heterocycles. The number of hydrogen-bond donors (Lipinski definition) is 1. The molecule has 0 unspecified atom stereocenters. The second-order valence-corrected chi connectivity index (χ2v) is 6.16. The summed E-state index contributed by atoms with van der Waals surface area (Å²) in [6, 6.07) is 2.04. The van der Waals surface area contributed by atoms with E-state index in [2.05, 4.69) is 36.1 Å². The van der Waals surface area contributed by atoms with Gasteiger partial charge in [0, 0.05) is 30.3 Å². The average molecular weight is 262 g/mol. The molecule has 1 N–H and O–H groups in total. The van der Waals surface area contributed by atoms with Gasteiger partial charge < -0.3 is 10.2 Å². The molecule has 19 heavy (non-hydrogen) atoms. The van der Waals surface area contributed by atoms with Gasteiger partial charge >= 0.3 is 0 Å². The maximum atomic E-state index is 12.0. The first-order chi connectivity index (χ1) is 8.75. The second-order valence-electron chi connectivity index (χ2n) is 6.16. The Hall–Kier alpha value is -1.65. The number of nitrogens with zero attached hydrogens (tertiary/aromatic N) is 3. The van der Waals surface area contributed by atoms with Gasteiger partial charge in [-0.05, 0) is 34.6 Å². The van der Waals surface area contributed by atoms with Gasteiger partial charge in [-0.3, -0.25) is 4.79 Å². The minimum Gasteiger partial charge on any atom is -0.365 e. The number of likely N-dealkylation sites (tertiary alicyclic amines) is 1. The summed E-state index contributed by atoms with van der Waals surface area (Å²) in [6.07, 6.45) is 0.527. The molecule has 0 saturated carbocycles. The van der Waals surface area contributed by atoms with Crippen LogP contribution in [0.25, 0.3) is 0 Å². The lowest BCUT2D eigenvalue weighted by molar-refractivity contribution is -0.131. The van der Waals surface area contributed by atoms with Gasteiger partial charge in [-0.1, -0.05) is 0 Å². The van der Waals surface area contributed by atoms with Gasteiger partial charge in [-0.2, -0.15) is 0 Å². The van der Waals surface area contributed by atoms with Crippen LogP contribution in [0.4, 0.5) is 5.82 Å². The Morgan fingerprint density at radius 2 is 2.00 bits per heavy atom. The third-order valence-electron chi connectivity index (χ3n) is 3.25. The van der Waals surface area contributed by atoms with Gasteiger partial charge in [0.2, 0.25) is 5.91 Å². The van der Waals surface area contributed by atoms with E-state index in [9.17, 15) is 4.79 Å². The van der Waals surface area contributed by atoms with E-state index in [1.807, 2.05) is 24.8 Å². The molecule has 1 aromatic rings. The first-order valence-electron chi connectivity index (χ1n) is 6.65. The summed E-state index contributed by atoms with van der Waals surface area (Å²) in [7, 11) is 0. The minimum absolute atomic E-state index is 0.120. The van der Waals surface area contributed by atoms with Crippen molar-refractivity contribution in [2.75, 3.05) is 11.9 Å². The molecular weight excluding hydrogens is 240 g/mol. The van der Waals surface area contributed by atoms with Crippen LogP contribution in [0, 0.1) is 13.8 Å². The van der Waals surface area contributed by atoms with Crippen molar-refractivity contribution in [3.8, 4) is 0 Å². The largest absolute Gasteiger partial charge is 0.365 e. The Kier molecular flexibility index (Phi) is 3.47. The first-order valence-corrected chi connectivity index (χ1v) is 6.65. The highest BCUT2D eigenvalue weighted by atomic mass is 16.2. The summed E-state index contributed by atoms with van der Waals surface area (Å²) in [6.45, 7) is 10.7. The number of carbonyl (C=O) groups is 1. The molecule has 1 aliphatic rings. The van der Waals surface area contributed by atoms with Crippen LogP contribution in [0.5, 0.6) is 0 Å². The maximum absolute atomic E-state index is 12.0. The van der Waals surface area contributed by atoms with Gasteiger partial charge in [0.1, 0.15) is 11.6 Å². The van der Waals surface area contributed by atoms with Gasteiger partial charge in [0.05, 0.1) is 6.04 Å². The summed E-state index contributed by atoms with van der Waals surface area (Å²) in [5.74, 6) is 1.76. The van der Waals surface area contributed by atoms with Crippen LogP contribution in [0.3, 0.4) is 0 Å². The van der Waals surface area contributed by atoms with E-state index >= 15 is 0 Å². The standard InChI is InChI=1S/C14H22N4O/c1-9-6-12(16-10(2)15-9)17-11-7-13(19)18(8-11)14(3,4)5/h6,11H,7-8H2,1-5H3,(H,15,16,17)/t11-/m0/s1. The lowest BCUT2D eigenvalue weighted by atomic mass is 10.1. The van der Waals surface area contributed by atoms with E-state index in [0.717, 1.165) is 23.9 Å². The van der Waals surface area contributed by atoms with Crippen molar-refractivity contribution in [1.29, 1.82) is 0 Å². The monoisotopic (exact) mass is 262 g/mol. The summed E-state index contributed by atoms with van der Waals surface area (Å²) in [5.41, 5.74) is 0.817. The number of aromatic nitrogens is 2.